The lowest BCUT2D eigenvalue weighted by Gasteiger charge is -2.32. The van der Waals surface area contributed by atoms with Crippen LogP contribution in [0.15, 0.2) is 0 Å². The Hall–Kier alpha value is -0.160. The minimum atomic E-state index is -0.509. The van der Waals surface area contributed by atoms with Gasteiger partial charge in [-0.2, -0.15) is 0 Å². The molecule has 1 fully saturated rings. The summed E-state index contributed by atoms with van der Waals surface area (Å²) in [5.74, 6) is 0. The zero-order chi connectivity index (χ0) is 11.9. The molecule has 0 bridgehead atoms. The van der Waals surface area contributed by atoms with Crippen molar-refractivity contribution in [2.24, 2.45) is 0 Å². The van der Waals surface area contributed by atoms with Gasteiger partial charge >= 0.3 is 0 Å². The highest BCUT2D eigenvalue weighted by Gasteiger charge is 2.28. The van der Waals surface area contributed by atoms with Gasteiger partial charge in [0, 0.05) is 13.7 Å². The van der Waals surface area contributed by atoms with Gasteiger partial charge in [-0.1, -0.05) is 19.3 Å². The van der Waals surface area contributed by atoms with E-state index in [2.05, 4.69) is 5.32 Å². The van der Waals surface area contributed by atoms with Crippen molar-refractivity contribution in [3.8, 4) is 0 Å². The monoisotopic (exact) mass is 231 g/mol. The SMILES string of the molecule is COCC(O)CCNCC1(O)CCCCC1. The lowest BCUT2D eigenvalue weighted by Crippen LogP contribution is -2.42. The molecule has 0 amide bonds. The summed E-state index contributed by atoms with van der Waals surface area (Å²) in [6.07, 6.45) is 5.58. The minimum absolute atomic E-state index is 0.381. The van der Waals surface area contributed by atoms with Crippen LogP contribution >= 0.6 is 0 Å². The molecule has 96 valence electrons. The Labute approximate surface area is 98.0 Å². The van der Waals surface area contributed by atoms with E-state index in [4.69, 9.17) is 4.74 Å². The maximum Gasteiger partial charge on any atom is 0.0785 e. The number of nitrogens with one attached hydrogen (secondary N) is 1. The van der Waals surface area contributed by atoms with Crippen LogP contribution in [-0.4, -0.2) is 48.7 Å². The summed E-state index contributed by atoms with van der Waals surface area (Å²) in [6, 6.07) is 0. The molecule has 0 saturated heterocycles. The number of rotatable bonds is 7. The quantitative estimate of drug-likeness (QED) is 0.564. The van der Waals surface area contributed by atoms with Gasteiger partial charge in [0.1, 0.15) is 0 Å². The fourth-order valence-electron chi connectivity index (χ4n) is 2.25. The Kier molecular flexibility index (Phi) is 6.28. The first kappa shape index (κ1) is 13.9. The molecule has 0 aromatic carbocycles. The third-order valence-corrected chi connectivity index (χ3v) is 3.25. The smallest absolute Gasteiger partial charge is 0.0785 e. The highest BCUT2D eigenvalue weighted by Crippen LogP contribution is 2.27. The zero-order valence-corrected chi connectivity index (χ0v) is 10.2. The van der Waals surface area contributed by atoms with Crippen LogP contribution in [0.4, 0.5) is 0 Å². The highest BCUT2D eigenvalue weighted by molar-refractivity contribution is 4.84. The van der Waals surface area contributed by atoms with E-state index in [1.54, 1.807) is 7.11 Å². The average molecular weight is 231 g/mol. The second-order valence-corrected chi connectivity index (χ2v) is 4.86. The Bertz CT molecular complexity index is 181. The first-order valence-corrected chi connectivity index (χ1v) is 6.26. The van der Waals surface area contributed by atoms with E-state index in [1.165, 1.54) is 6.42 Å². The van der Waals surface area contributed by atoms with E-state index >= 15 is 0 Å². The van der Waals surface area contributed by atoms with Crippen LogP contribution < -0.4 is 5.32 Å². The third-order valence-electron chi connectivity index (χ3n) is 3.25. The first-order valence-electron chi connectivity index (χ1n) is 6.26. The number of methoxy groups -OCH3 is 1. The molecule has 0 aromatic heterocycles. The number of hydrogen-bond donors (Lipinski definition) is 3. The summed E-state index contributed by atoms with van der Waals surface area (Å²) in [6.45, 7) is 1.76. The Morgan fingerprint density at radius 3 is 2.62 bits per heavy atom. The second kappa shape index (κ2) is 7.22. The maximum absolute atomic E-state index is 10.2. The standard InChI is InChI=1S/C12H25NO3/c1-16-9-11(14)5-8-13-10-12(15)6-3-2-4-7-12/h11,13-15H,2-10H2,1H3. The minimum Gasteiger partial charge on any atom is -0.391 e. The van der Waals surface area contributed by atoms with Crippen molar-refractivity contribution in [2.45, 2.75) is 50.2 Å². The van der Waals surface area contributed by atoms with E-state index in [1.807, 2.05) is 0 Å². The molecule has 3 N–H and O–H groups in total. The summed E-state index contributed by atoms with van der Waals surface area (Å²) in [5, 5.41) is 22.8. The fourth-order valence-corrected chi connectivity index (χ4v) is 2.25. The zero-order valence-electron chi connectivity index (χ0n) is 10.2. The van der Waals surface area contributed by atoms with E-state index in [0.717, 1.165) is 32.2 Å². The van der Waals surface area contributed by atoms with Crippen LogP contribution in [0.25, 0.3) is 0 Å². The predicted octanol–water partition coefficient (Wildman–Crippen LogP) is 0.669. The van der Waals surface area contributed by atoms with Crippen molar-refractivity contribution in [3.63, 3.8) is 0 Å². The van der Waals surface area contributed by atoms with Gasteiger partial charge in [-0.05, 0) is 25.8 Å². The van der Waals surface area contributed by atoms with Crippen LogP contribution in [0.1, 0.15) is 38.5 Å². The molecule has 0 aliphatic heterocycles. The number of ether oxygens (including phenoxy) is 1. The number of aliphatic hydroxyl groups excluding tert-OH is 1. The van der Waals surface area contributed by atoms with Gasteiger partial charge in [0.15, 0.2) is 0 Å². The van der Waals surface area contributed by atoms with Crippen molar-refractivity contribution >= 4 is 0 Å². The number of hydrogen-bond acceptors (Lipinski definition) is 4. The average Bonchev–Trinajstić information content (AvgIpc) is 2.26. The van der Waals surface area contributed by atoms with Crippen molar-refractivity contribution < 1.29 is 14.9 Å². The summed E-state index contributed by atoms with van der Waals surface area (Å²) in [7, 11) is 1.58. The van der Waals surface area contributed by atoms with E-state index in [0.29, 0.717) is 19.6 Å². The van der Waals surface area contributed by atoms with Crippen molar-refractivity contribution in [2.75, 3.05) is 26.8 Å². The largest absolute Gasteiger partial charge is 0.391 e. The summed E-state index contributed by atoms with van der Waals surface area (Å²) >= 11 is 0. The molecule has 1 unspecified atom stereocenters. The summed E-state index contributed by atoms with van der Waals surface area (Å²) in [5.41, 5.74) is -0.509. The van der Waals surface area contributed by atoms with Crippen molar-refractivity contribution in [1.29, 1.82) is 0 Å². The molecular formula is C12H25NO3. The maximum atomic E-state index is 10.2. The van der Waals surface area contributed by atoms with Gasteiger partial charge in [0.25, 0.3) is 0 Å². The van der Waals surface area contributed by atoms with Gasteiger partial charge in [-0.3, -0.25) is 0 Å². The van der Waals surface area contributed by atoms with Crippen LogP contribution in [0.3, 0.4) is 0 Å². The summed E-state index contributed by atoms with van der Waals surface area (Å²) in [4.78, 5) is 0. The van der Waals surface area contributed by atoms with Crippen LogP contribution in [0.5, 0.6) is 0 Å². The molecular weight excluding hydrogens is 206 g/mol. The molecule has 16 heavy (non-hydrogen) atoms. The highest BCUT2D eigenvalue weighted by atomic mass is 16.5. The first-order chi connectivity index (χ1) is 7.66. The van der Waals surface area contributed by atoms with Crippen LogP contribution in [-0.2, 0) is 4.74 Å². The molecule has 0 spiro atoms. The van der Waals surface area contributed by atoms with E-state index in [-0.39, 0.29) is 0 Å². The molecule has 1 rings (SSSR count). The van der Waals surface area contributed by atoms with Crippen molar-refractivity contribution in [1.82, 2.24) is 5.32 Å². The molecule has 0 aromatic rings. The van der Waals surface area contributed by atoms with Crippen molar-refractivity contribution in [3.05, 3.63) is 0 Å². The van der Waals surface area contributed by atoms with E-state index < -0.39 is 11.7 Å². The number of aliphatic hydroxyl groups is 2. The van der Waals surface area contributed by atoms with Crippen LogP contribution in [0, 0.1) is 0 Å². The molecule has 1 aliphatic carbocycles. The fraction of sp³-hybridized carbons (Fsp3) is 1.00. The predicted molar refractivity (Wildman–Crippen MR) is 63.4 cm³/mol. The Morgan fingerprint density at radius 1 is 1.31 bits per heavy atom. The molecule has 4 heteroatoms. The van der Waals surface area contributed by atoms with Gasteiger partial charge < -0.3 is 20.3 Å². The normalized spacial score (nSPS) is 21.9. The van der Waals surface area contributed by atoms with E-state index in [9.17, 15) is 10.2 Å². The lowest BCUT2D eigenvalue weighted by molar-refractivity contribution is 0.00338. The van der Waals surface area contributed by atoms with Gasteiger partial charge in [-0.25, -0.2) is 0 Å². The molecule has 1 atom stereocenters. The van der Waals surface area contributed by atoms with Crippen LogP contribution in [0.2, 0.25) is 0 Å². The molecule has 1 saturated carbocycles. The molecule has 1 aliphatic rings. The summed E-state index contributed by atoms with van der Waals surface area (Å²) < 4.78 is 4.84. The Morgan fingerprint density at radius 2 is 2.00 bits per heavy atom. The molecule has 0 heterocycles. The Balaban J connectivity index is 2.05. The molecule has 4 nitrogen and oxygen atoms in total. The van der Waals surface area contributed by atoms with Gasteiger partial charge in [0.05, 0.1) is 18.3 Å². The van der Waals surface area contributed by atoms with Gasteiger partial charge in [-0.15, -0.1) is 0 Å². The lowest BCUT2D eigenvalue weighted by atomic mass is 9.85. The van der Waals surface area contributed by atoms with Gasteiger partial charge in [0.2, 0.25) is 0 Å². The topological polar surface area (TPSA) is 61.7 Å². The molecule has 0 radical (unpaired) electrons. The second-order valence-electron chi connectivity index (χ2n) is 4.86. The third kappa shape index (κ3) is 5.25.